The summed E-state index contributed by atoms with van der Waals surface area (Å²) >= 11 is 6.13. The number of benzene rings is 2. The fourth-order valence-corrected chi connectivity index (χ4v) is 2.44. The SMILES string of the molecule is COc1ccc(NC(C)c2nc(-c3ccccc3)no2)cc1Cl. The molecule has 0 saturated heterocycles. The average molecular weight is 330 g/mol. The van der Waals surface area contributed by atoms with Crippen molar-refractivity contribution in [2.75, 3.05) is 12.4 Å². The Labute approximate surface area is 139 Å². The average Bonchev–Trinajstić information content (AvgIpc) is 3.06. The van der Waals surface area contributed by atoms with Gasteiger partial charge in [-0.05, 0) is 25.1 Å². The molecule has 0 amide bonds. The lowest BCUT2D eigenvalue weighted by Gasteiger charge is -2.12. The van der Waals surface area contributed by atoms with Crippen LogP contribution in [0.3, 0.4) is 0 Å². The molecule has 118 valence electrons. The second-order valence-electron chi connectivity index (χ2n) is 5.04. The molecule has 0 saturated carbocycles. The van der Waals surface area contributed by atoms with Crippen molar-refractivity contribution in [3.05, 3.63) is 59.4 Å². The van der Waals surface area contributed by atoms with Crippen molar-refractivity contribution in [1.29, 1.82) is 0 Å². The molecule has 5 nitrogen and oxygen atoms in total. The fourth-order valence-electron chi connectivity index (χ4n) is 2.18. The first-order chi connectivity index (χ1) is 11.2. The Balaban J connectivity index is 1.75. The number of rotatable bonds is 5. The highest BCUT2D eigenvalue weighted by atomic mass is 35.5. The first kappa shape index (κ1) is 15.4. The maximum Gasteiger partial charge on any atom is 0.249 e. The van der Waals surface area contributed by atoms with E-state index in [1.807, 2.05) is 43.3 Å². The number of nitrogens with one attached hydrogen (secondary N) is 1. The zero-order valence-corrected chi connectivity index (χ0v) is 13.5. The van der Waals surface area contributed by atoms with Crippen molar-refractivity contribution >= 4 is 17.3 Å². The Hall–Kier alpha value is -2.53. The number of aromatic nitrogens is 2. The minimum atomic E-state index is -0.149. The molecule has 1 atom stereocenters. The molecule has 1 unspecified atom stereocenters. The van der Waals surface area contributed by atoms with E-state index >= 15 is 0 Å². The fraction of sp³-hybridized carbons (Fsp3) is 0.176. The van der Waals surface area contributed by atoms with Gasteiger partial charge >= 0.3 is 0 Å². The normalized spacial score (nSPS) is 12.0. The largest absolute Gasteiger partial charge is 0.495 e. The van der Waals surface area contributed by atoms with Gasteiger partial charge in [-0.2, -0.15) is 4.98 Å². The lowest BCUT2D eigenvalue weighted by molar-refractivity contribution is 0.368. The topological polar surface area (TPSA) is 60.2 Å². The molecule has 1 heterocycles. The summed E-state index contributed by atoms with van der Waals surface area (Å²) in [7, 11) is 1.58. The van der Waals surface area contributed by atoms with E-state index < -0.39 is 0 Å². The number of anilines is 1. The Bertz CT molecular complexity index is 790. The molecule has 0 bridgehead atoms. The summed E-state index contributed by atoms with van der Waals surface area (Å²) in [5.41, 5.74) is 1.77. The number of hydrogen-bond donors (Lipinski definition) is 1. The Morgan fingerprint density at radius 1 is 1.17 bits per heavy atom. The summed E-state index contributed by atoms with van der Waals surface area (Å²) in [4.78, 5) is 4.43. The van der Waals surface area contributed by atoms with Crippen LogP contribution < -0.4 is 10.1 Å². The van der Waals surface area contributed by atoms with Crippen molar-refractivity contribution in [3.8, 4) is 17.1 Å². The van der Waals surface area contributed by atoms with Crippen LogP contribution in [0.25, 0.3) is 11.4 Å². The van der Waals surface area contributed by atoms with E-state index in [1.165, 1.54) is 0 Å². The van der Waals surface area contributed by atoms with E-state index in [4.69, 9.17) is 20.9 Å². The molecule has 3 aromatic rings. The molecule has 0 radical (unpaired) electrons. The minimum absolute atomic E-state index is 0.149. The highest BCUT2D eigenvalue weighted by molar-refractivity contribution is 6.32. The van der Waals surface area contributed by atoms with Crippen LogP contribution in [-0.4, -0.2) is 17.3 Å². The predicted molar refractivity (Wildman–Crippen MR) is 89.8 cm³/mol. The molecule has 0 aliphatic carbocycles. The second kappa shape index (κ2) is 6.71. The maximum absolute atomic E-state index is 6.13. The number of hydrogen-bond acceptors (Lipinski definition) is 5. The van der Waals surface area contributed by atoms with E-state index in [9.17, 15) is 0 Å². The van der Waals surface area contributed by atoms with Gasteiger partial charge in [-0.1, -0.05) is 47.1 Å². The Kier molecular flexibility index (Phi) is 4.48. The monoisotopic (exact) mass is 329 g/mol. The maximum atomic E-state index is 6.13. The summed E-state index contributed by atoms with van der Waals surface area (Å²) in [5.74, 6) is 1.71. The van der Waals surface area contributed by atoms with Crippen LogP contribution in [-0.2, 0) is 0 Å². The third kappa shape index (κ3) is 3.46. The molecule has 2 aromatic carbocycles. The van der Waals surface area contributed by atoms with Crippen molar-refractivity contribution in [3.63, 3.8) is 0 Å². The second-order valence-corrected chi connectivity index (χ2v) is 5.44. The zero-order chi connectivity index (χ0) is 16.2. The standard InChI is InChI=1S/C17H16ClN3O2/c1-11(19-13-8-9-15(22-2)14(18)10-13)17-20-16(21-23-17)12-6-4-3-5-7-12/h3-11,19H,1-2H3. The molecule has 0 fully saturated rings. The molecule has 0 aliphatic rings. The third-order valence-electron chi connectivity index (χ3n) is 3.38. The highest BCUT2D eigenvalue weighted by Gasteiger charge is 2.15. The summed E-state index contributed by atoms with van der Waals surface area (Å²) in [6.07, 6.45) is 0. The number of halogens is 1. The van der Waals surface area contributed by atoms with Crippen LogP contribution >= 0.6 is 11.6 Å². The molecule has 23 heavy (non-hydrogen) atoms. The molecular formula is C17H16ClN3O2. The van der Waals surface area contributed by atoms with Gasteiger partial charge in [-0.3, -0.25) is 0 Å². The number of nitrogens with zero attached hydrogens (tertiary/aromatic N) is 2. The van der Waals surface area contributed by atoms with Gasteiger partial charge in [0.2, 0.25) is 11.7 Å². The molecule has 0 aliphatic heterocycles. The van der Waals surface area contributed by atoms with E-state index in [0.29, 0.717) is 22.5 Å². The summed E-state index contributed by atoms with van der Waals surface area (Å²) in [6, 6.07) is 15.0. The smallest absolute Gasteiger partial charge is 0.249 e. The Morgan fingerprint density at radius 3 is 2.65 bits per heavy atom. The quantitative estimate of drug-likeness (QED) is 0.742. The first-order valence-electron chi connectivity index (χ1n) is 7.16. The van der Waals surface area contributed by atoms with E-state index in [0.717, 1.165) is 11.3 Å². The molecule has 1 aromatic heterocycles. The Morgan fingerprint density at radius 2 is 1.96 bits per heavy atom. The van der Waals surface area contributed by atoms with Crippen LogP contribution in [0.15, 0.2) is 53.1 Å². The van der Waals surface area contributed by atoms with Crippen molar-refractivity contribution in [2.45, 2.75) is 13.0 Å². The lowest BCUT2D eigenvalue weighted by Crippen LogP contribution is -2.07. The summed E-state index contributed by atoms with van der Waals surface area (Å²) < 4.78 is 10.5. The number of ether oxygens (including phenoxy) is 1. The van der Waals surface area contributed by atoms with E-state index in [2.05, 4.69) is 15.5 Å². The molecule has 6 heteroatoms. The van der Waals surface area contributed by atoms with Crippen molar-refractivity contribution < 1.29 is 9.26 Å². The van der Waals surface area contributed by atoms with E-state index in [1.54, 1.807) is 19.2 Å². The summed E-state index contributed by atoms with van der Waals surface area (Å²) in [6.45, 7) is 1.94. The zero-order valence-electron chi connectivity index (χ0n) is 12.8. The van der Waals surface area contributed by atoms with Gasteiger partial charge in [0.05, 0.1) is 12.1 Å². The van der Waals surface area contributed by atoms with Crippen LogP contribution in [0.5, 0.6) is 5.75 Å². The van der Waals surface area contributed by atoms with Gasteiger partial charge in [-0.15, -0.1) is 0 Å². The predicted octanol–water partition coefficient (Wildman–Crippen LogP) is 4.57. The molecule has 3 rings (SSSR count). The highest BCUT2D eigenvalue weighted by Crippen LogP contribution is 2.29. The van der Waals surface area contributed by atoms with Gasteiger partial charge in [-0.25, -0.2) is 0 Å². The number of methoxy groups -OCH3 is 1. The van der Waals surface area contributed by atoms with Crippen molar-refractivity contribution in [1.82, 2.24) is 10.1 Å². The van der Waals surface area contributed by atoms with Gasteiger partial charge in [0.15, 0.2) is 0 Å². The summed E-state index contributed by atoms with van der Waals surface area (Å²) in [5, 5.41) is 7.84. The third-order valence-corrected chi connectivity index (χ3v) is 3.67. The van der Waals surface area contributed by atoms with Gasteiger partial charge in [0.1, 0.15) is 11.8 Å². The lowest BCUT2D eigenvalue weighted by atomic mass is 10.2. The van der Waals surface area contributed by atoms with Crippen LogP contribution in [0.2, 0.25) is 5.02 Å². The van der Waals surface area contributed by atoms with Gasteiger partial charge in [0.25, 0.3) is 0 Å². The molecule has 1 N–H and O–H groups in total. The van der Waals surface area contributed by atoms with Crippen LogP contribution in [0, 0.1) is 0 Å². The first-order valence-corrected chi connectivity index (χ1v) is 7.54. The van der Waals surface area contributed by atoms with E-state index in [-0.39, 0.29) is 6.04 Å². The van der Waals surface area contributed by atoms with Crippen LogP contribution in [0.4, 0.5) is 5.69 Å². The van der Waals surface area contributed by atoms with Gasteiger partial charge in [0, 0.05) is 11.3 Å². The van der Waals surface area contributed by atoms with Crippen LogP contribution in [0.1, 0.15) is 18.9 Å². The molecule has 0 spiro atoms. The minimum Gasteiger partial charge on any atom is -0.495 e. The molecular weight excluding hydrogens is 314 g/mol. The van der Waals surface area contributed by atoms with Crippen molar-refractivity contribution in [2.24, 2.45) is 0 Å². The van der Waals surface area contributed by atoms with Gasteiger partial charge < -0.3 is 14.6 Å².